The molecule has 1 aromatic heterocycles. The fourth-order valence-corrected chi connectivity index (χ4v) is 2.22. The Kier molecular flexibility index (Phi) is 3.38. The van der Waals surface area contributed by atoms with E-state index in [-0.39, 0.29) is 5.75 Å². The molecule has 0 aliphatic heterocycles. The molecule has 0 radical (unpaired) electrons. The first kappa shape index (κ1) is 12.6. The second-order valence-electron chi connectivity index (χ2n) is 3.39. The summed E-state index contributed by atoms with van der Waals surface area (Å²) >= 11 is 1.27. The van der Waals surface area contributed by atoms with Crippen molar-refractivity contribution in [2.45, 2.75) is 6.36 Å². The summed E-state index contributed by atoms with van der Waals surface area (Å²) in [6.45, 7) is 0. The number of benzene rings is 1. The molecule has 0 fully saturated rings. The number of carbonyl (C=O) groups excluding carboxylic acids is 1. The molecule has 0 N–H and O–H groups in total. The number of ether oxygens (including phenoxy) is 1. The maximum Gasteiger partial charge on any atom is 0.573 e. The van der Waals surface area contributed by atoms with E-state index in [1.165, 1.54) is 35.6 Å². The third kappa shape index (κ3) is 3.10. The number of aldehydes is 1. The Morgan fingerprint density at radius 1 is 1.06 bits per heavy atom. The third-order valence-corrected chi connectivity index (χ3v) is 3.18. The summed E-state index contributed by atoms with van der Waals surface area (Å²) < 4.78 is 39.6. The van der Waals surface area contributed by atoms with E-state index >= 15 is 0 Å². The summed E-state index contributed by atoms with van der Waals surface area (Å²) in [4.78, 5) is 11.9. The van der Waals surface area contributed by atoms with Crippen molar-refractivity contribution >= 4 is 17.6 Å². The van der Waals surface area contributed by atoms with Crippen molar-refractivity contribution in [1.29, 1.82) is 0 Å². The molecule has 0 aliphatic rings. The van der Waals surface area contributed by atoms with Gasteiger partial charge in [0, 0.05) is 4.88 Å². The summed E-state index contributed by atoms with van der Waals surface area (Å²) in [5, 5.41) is 0. The Morgan fingerprint density at radius 2 is 1.72 bits per heavy atom. The van der Waals surface area contributed by atoms with Crippen LogP contribution in [0.5, 0.6) is 5.75 Å². The summed E-state index contributed by atoms with van der Waals surface area (Å²) in [5.74, 6) is -0.265. The zero-order chi connectivity index (χ0) is 13.2. The van der Waals surface area contributed by atoms with Gasteiger partial charge in [0.1, 0.15) is 5.75 Å². The predicted molar refractivity (Wildman–Crippen MR) is 61.8 cm³/mol. The van der Waals surface area contributed by atoms with Gasteiger partial charge in [0.05, 0.1) is 4.88 Å². The highest BCUT2D eigenvalue weighted by atomic mass is 32.1. The van der Waals surface area contributed by atoms with Gasteiger partial charge < -0.3 is 4.74 Å². The van der Waals surface area contributed by atoms with Crippen molar-refractivity contribution in [2.24, 2.45) is 0 Å². The van der Waals surface area contributed by atoms with E-state index in [9.17, 15) is 18.0 Å². The SMILES string of the molecule is O=Cc1ccc(-c2ccc(OC(F)(F)F)cc2)s1. The van der Waals surface area contributed by atoms with E-state index in [0.29, 0.717) is 4.88 Å². The average molecular weight is 272 g/mol. The quantitative estimate of drug-likeness (QED) is 0.785. The van der Waals surface area contributed by atoms with Crippen LogP contribution in [0.1, 0.15) is 9.67 Å². The fraction of sp³-hybridized carbons (Fsp3) is 0.0833. The van der Waals surface area contributed by atoms with Gasteiger partial charge in [-0.1, -0.05) is 0 Å². The second kappa shape index (κ2) is 4.81. The molecule has 0 spiro atoms. The molecule has 2 nitrogen and oxygen atoms in total. The number of rotatable bonds is 3. The minimum Gasteiger partial charge on any atom is -0.406 e. The largest absolute Gasteiger partial charge is 0.573 e. The molecule has 0 saturated carbocycles. The fourth-order valence-electron chi connectivity index (χ4n) is 1.39. The van der Waals surface area contributed by atoms with Crippen LogP contribution < -0.4 is 4.74 Å². The normalized spacial score (nSPS) is 11.3. The summed E-state index contributed by atoms with van der Waals surface area (Å²) in [6.07, 6.45) is -3.95. The van der Waals surface area contributed by atoms with Gasteiger partial charge in [-0.25, -0.2) is 0 Å². The van der Waals surface area contributed by atoms with Crippen LogP contribution in [-0.4, -0.2) is 12.6 Å². The first-order valence-electron chi connectivity index (χ1n) is 4.89. The van der Waals surface area contributed by atoms with E-state index in [0.717, 1.165) is 16.7 Å². The van der Waals surface area contributed by atoms with E-state index in [2.05, 4.69) is 4.74 Å². The van der Waals surface area contributed by atoms with Crippen LogP contribution in [0.3, 0.4) is 0 Å². The van der Waals surface area contributed by atoms with E-state index in [1.807, 2.05) is 0 Å². The molecule has 0 amide bonds. The van der Waals surface area contributed by atoms with Crippen LogP contribution in [0.4, 0.5) is 13.2 Å². The number of thiophene rings is 1. The minimum atomic E-state index is -4.69. The highest BCUT2D eigenvalue weighted by Crippen LogP contribution is 2.30. The third-order valence-electron chi connectivity index (χ3n) is 2.12. The average Bonchev–Trinajstić information content (AvgIpc) is 2.76. The smallest absolute Gasteiger partial charge is 0.406 e. The molecular formula is C12H7F3O2S. The standard InChI is InChI=1S/C12H7F3O2S/c13-12(14,15)17-9-3-1-8(2-4-9)11-6-5-10(7-16)18-11/h1-7H. The number of halogens is 3. The predicted octanol–water partition coefficient (Wildman–Crippen LogP) is 4.13. The van der Waals surface area contributed by atoms with Crippen molar-refractivity contribution in [1.82, 2.24) is 0 Å². The van der Waals surface area contributed by atoms with Crippen molar-refractivity contribution in [3.8, 4) is 16.2 Å². The van der Waals surface area contributed by atoms with Gasteiger partial charge in [0.25, 0.3) is 0 Å². The van der Waals surface area contributed by atoms with Crippen molar-refractivity contribution in [3.63, 3.8) is 0 Å². The molecule has 1 heterocycles. The van der Waals surface area contributed by atoms with Crippen molar-refractivity contribution in [2.75, 3.05) is 0 Å². The van der Waals surface area contributed by atoms with E-state index in [4.69, 9.17) is 0 Å². The lowest BCUT2D eigenvalue weighted by Gasteiger charge is -2.08. The van der Waals surface area contributed by atoms with Crippen LogP contribution in [0.2, 0.25) is 0 Å². The number of hydrogen-bond acceptors (Lipinski definition) is 3. The highest BCUT2D eigenvalue weighted by Gasteiger charge is 2.30. The van der Waals surface area contributed by atoms with Crippen LogP contribution >= 0.6 is 11.3 Å². The van der Waals surface area contributed by atoms with Crippen LogP contribution in [0.25, 0.3) is 10.4 Å². The van der Waals surface area contributed by atoms with Crippen LogP contribution in [0, 0.1) is 0 Å². The Balaban J connectivity index is 2.19. The lowest BCUT2D eigenvalue weighted by molar-refractivity contribution is -0.274. The van der Waals surface area contributed by atoms with Gasteiger partial charge in [0.2, 0.25) is 0 Å². The molecule has 0 saturated heterocycles. The zero-order valence-corrected chi connectivity index (χ0v) is 9.72. The molecule has 0 aliphatic carbocycles. The van der Waals surface area contributed by atoms with Gasteiger partial charge in [-0.3, -0.25) is 4.79 Å². The van der Waals surface area contributed by atoms with Gasteiger partial charge in [-0.05, 0) is 42.0 Å². The highest BCUT2D eigenvalue weighted by molar-refractivity contribution is 7.17. The lowest BCUT2D eigenvalue weighted by atomic mass is 10.2. The lowest BCUT2D eigenvalue weighted by Crippen LogP contribution is -2.16. The Bertz CT molecular complexity index is 543. The van der Waals surface area contributed by atoms with E-state index < -0.39 is 6.36 Å². The monoisotopic (exact) mass is 272 g/mol. The van der Waals surface area contributed by atoms with Gasteiger partial charge >= 0.3 is 6.36 Å². The van der Waals surface area contributed by atoms with Gasteiger partial charge in [-0.2, -0.15) is 0 Å². The second-order valence-corrected chi connectivity index (χ2v) is 4.51. The van der Waals surface area contributed by atoms with Crippen molar-refractivity contribution in [3.05, 3.63) is 41.3 Å². The molecule has 0 atom stereocenters. The number of carbonyl (C=O) groups is 1. The van der Waals surface area contributed by atoms with Gasteiger partial charge in [-0.15, -0.1) is 24.5 Å². The number of alkyl halides is 3. The topological polar surface area (TPSA) is 26.3 Å². The molecule has 2 rings (SSSR count). The van der Waals surface area contributed by atoms with Gasteiger partial charge in [0.15, 0.2) is 6.29 Å². The maximum absolute atomic E-state index is 12.0. The number of hydrogen-bond donors (Lipinski definition) is 0. The molecule has 0 bridgehead atoms. The van der Waals surface area contributed by atoms with E-state index in [1.54, 1.807) is 12.1 Å². The van der Waals surface area contributed by atoms with Crippen molar-refractivity contribution < 1.29 is 22.7 Å². The molecule has 94 valence electrons. The Morgan fingerprint density at radius 3 is 2.22 bits per heavy atom. The molecule has 0 unspecified atom stereocenters. The Hall–Kier alpha value is -1.82. The minimum absolute atomic E-state index is 0.265. The molecular weight excluding hydrogens is 265 g/mol. The maximum atomic E-state index is 12.0. The summed E-state index contributed by atoms with van der Waals surface area (Å²) in [6, 6.07) is 8.91. The first-order valence-corrected chi connectivity index (χ1v) is 5.71. The first-order chi connectivity index (χ1) is 8.48. The molecule has 18 heavy (non-hydrogen) atoms. The Labute approximate surface area is 105 Å². The summed E-state index contributed by atoms with van der Waals surface area (Å²) in [5.41, 5.74) is 0.739. The molecule has 1 aromatic carbocycles. The summed E-state index contributed by atoms with van der Waals surface area (Å²) in [7, 11) is 0. The molecule has 6 heteroatoms. The van der Waals surface area contributed by atoms with Crippen LogP contribution in [-0.2, 0) is 0 Å². The zero-order valence-electron chi connectivity index (χ0n) is 8.90. The molecule has 2 aromatic rings. The van der Waals surface area contributed by atoms with Crippen LogP contribution in [0.15, 0.2) is 36.4 Å².